The molecular weight excluding hydrogens is 212 g/mol. The maximum atomic E-state index is 9.01. The lowest BCUT2D eigenvalue weighted by molar-refractivity contribution is 0.317. The first-order chi connectivity index (χ1) is 8.36. The molecule has 3 nitrogen and oxygen atoms in total. The van der Waals surface area contributed by atoms with Crippen LogP contribution in [0.1, 0.15) is 38.2 Å². The Morgan fingerprint density at radius 2 is 2.12 bits per heavy atom. The number of fused-ring (bicyclic) bond motifs is 1. The van der Waals surface area contributed by atoms with Gasteiger partial charge in [-0.2, -0.15) is 0 Å². The van der Waals surface area contributed by atoms with Crippen LogP contribution in [-0.4, -0.2) is 24.0 Å². The van der Waals surface area contributed by atoms with Crippen LogP contribution in [0.3, 0.4) is 0 Å². The van der Waals surface area contributed by atoms with Gasteiger partial charge in [0.25, 0.3) is 0 Å². The van der Waals surface area contributed by atoms with Gasteiger partial charge in [-0.05, 0) is 12.5 Å². The van der Waals surface area contributed by atoms with Crippen LogP contribution in [-0.2, 0) is 0 Å². The van der Waals surface area contributed by atoms with Gasteiger partial charge in [-0.15, -0.1) is 0 Å². The fraction of sp³-hybridized carbons (Fsp3) is 0.500. The van der Waals surface area contributed by atoms with Gasteiger partial charge in [0, 0.05) is 30.8 Å². The monoisotopic (exact) mass is 232 g/mol. The minimum absolute atomic E-state index is 0.812. The van der Waals surface area contributed by atoms with Crippen LogP contribution in [0.2, 0.25) is 0 Å². The maximum absolute atomic E-state index is 9.01. The number of benzene rings is 1. The average Bonchev–Trinajstić information content (AvgIpc) is 2.39. The highest BCUT2D eigenvalue weighted by Gasteiger charge is 2.20. The Bertz CT molecular complexity index is 401. The van der Waals surface area contributed by atoms with Gasteiger partial charge in [0.1, 0.15) is 0 Å². The van der Waals surface area contributed by atoms with Crippen molar-refractivity contribution in [2.75, 3.05) is 18.0 Å². The molecule has 1 aromatic rings. The van der Waals surface area contributed by atoms with E-state index in [4.69, 9.17) is 5.21 Å². The standard InChI is InChI=1S/C14H20N2O/c1-2-3-6-10-16-11-9-13(15-17)12-7-4-5-8-14(12)16/h4-5,7-8,17H,2-3,6,9-11H2,1H3/b15-13+. The van der Waals surface area contributed by atoms with Crippen molar-refractivity contribution in [3.05, 3.63) is 29.8 Å². The molecule has 1 N–H and O–H groups in total. The third-order valence-corrected chi connectivity index (χ3v) is 3.33. The van der Waals surface area contributed by atoms with Crippen molar-refractivity contribution in [2.45, 2.75) is 32.6 Å². The molecule has 0 amide bonds. The lowest BCUT2D eigenvalue weighted by Gasteiger charge is -2.31. The summed E-state index contributed by atoms with van der Waals surface area (Å²) in [5.41, 5.74) is 3.10. The summed E-state index contributed by atoms with van der Waals surface area (Å²) in [6, 6.07) is 8.20. The predicted octanol–water partition coefficient (Wildman–Crippen LogP) is 3.27. The van der Waals surface area contributed by atoms with Crippen LogP contribution in [0.5, 0.6) is 0 Å². The largest absolute Gasteiger partial charge is 0.411 e. The van der Waals surface area contributed by atoms with Gasteiger partial charge in [-0.25, -0.2) is 0 Å². The second-order valence-electron chi connectivity index (χ2n) is 4.51. The number of hydrogen-bond donors (Lipinski definition) is 1. The van der Waals surface area contributed by atoms with Gasteiger partial charge < -0.3 is 10.1 Å². The molecule has 2 rings (SSSR count). The van der Waals surface area contributed by atoms with Gasteiger partial charge in [0.05, 0.1) is 5.71 Å². The van der Waals surface area contributed by atoms with E-state index in [9.17, 15) is 0 Å². The van der Waals surface area contributed by atoms with Crippen LogP contribution in [0, 0.1) is 0 Å². The highest BCUT2D eigenvalue weighted by molar-refractivity contribution is 6.06. The number of para-hydroxylation sites is 1. The Balaban J connectivity index is 2.16. The van der Waals surface area contributed by atoms with Gasteiger partial charge in [0.2, 0.25) is 0 Å². The smallest absolute Gasteiger partial charge is 0.0906 e. The quantitative estimate of drug-likeness (QED) is 0.491. The van der Waals surface area contributed by atoms with Gasteiger partial charge in [-0.1, -0.05) is 43.1 Å². The van der Waals surface area contributed by atoms with Crippen molar-refractivity contribution in [1.29, 1.82) is 0 Å². The van der Waals surface area contributed by atoms with Crippen molar-refractivity contribution in [3.63, 3.8) is 0 Å². The van der Waals surface area contributed by atoms with Crippen LogP contribution in [0.25, 0.3) is 0 Å². The topological polar surface area (TPSA) is 35.8 Å². The second kappa shape index (κ2) is 5.71. The number of unbranched alkanes of at least 4 members (excludes halogenated alkanes) is 2. The lowest BCUT2D eigenvalue weighted by atomic mass is 9.99. The summed E-state index contributed by atoms with van der Waals surface area (Å²) in [6.45, 7) is 4.28. The highest BCUT2D eigenvalue weighted by Crippen LogP contribution is 2.27. The number of nitrogens with zero attached hydrogens (tertiary/aromatic N) is 2. The van der Waals surface area contributed by atoms with Crippen molar-refractivity contribution in [3.8, 4) is 0 Å². The normalized spacial score (nSPS) is 17.2. The Morgan fingerprint density at radius 1 is 1.29 bits per heavy atom. The maximum Gasteiger partial charge on any atom is 0.0906 e. The third-order valence-electron chi connectivity index (χ3n) is 3.33. The van der Waals surface area contributed by atoms with E-state index in [1.165, 1.54) is 24.9 Å². The molecule has 0 saturated heterocycles. The summed E-state index contributed by atoms with van der Waals surface area (Å²) in [4.78, 5) is 2.40. The summed E-state index contributed by atoms with van der Waals surface area (Å²) < 4.78 is 0. The minimum atomic E-state index is 0.812. The van der Waals surface area contributed by atoms with Crippen LogP contribution in [0.15, 0.2) is 29.4 Å². The molecule has 0 bridgehead atoms. The first-order valence-electron chi connectivity index (χ1n) is 6.42. The number of anilines is 1. The van der Waals surface area contributed by atoms with Gasteiger partial charge >= 0.3 is 0 Å². The van der Waals surface area contributed by atoms with E-state index in [0.717, 1.165) is 30.8 Å². The van der Waals surface area contributed by atoms with E-state index in [2.05, 4.69) is 23.0 Å². The first-order valence-corrected chi connectivity index (χ1v) is 6.42. The SMILES string of the molecule is CCCCCN1CC/C(=N\O)c2ccccc21. The molecule has 0 radical (unpaired) electrons. The molecule has 0 aliphatic carbocycles. The minimum Gasteiger partial charge on any atom is -0.411 e. The van der Waals surface area contributed by atoms with Crippen LogP contribution < -0.4 is 4.90 Å². The molecule has 3 heteroatoms. The zero-order chi connectivity index (χ0) is 12.1. The fourth-order valence-corrected chi connectivity index (χ4v) is 2.38. The van der Waals surface area contributed by atoms with Crippen LogP contribution in [0.4, 0.5) is 5.69 Å². The Hall–Kier alpha value is -1.51. The molecule has 92 valence electrons. The van der Waals surface area contributed by atoms with E-state index in [1.807, 2.05) is 18.2 Å². The van der Waals surface area contributed by atoms with Crippen molar-refractivity contribution >= 4 is 11.4 Å². The van der Waals surface area contributed by atoms with Gasteiger partial charge in [0.15, 0.2) is 0 Å². The zero-order valence-electron chi connectivity index (χ0n) is 10.4. The zero-order valence-corrected chi connectivity index (χ0v) is 10.4. The van der Waals surface area contributed by atoms with E-state index in [0.29, 0.717) is 0 Å². The summed E-state index contributed by atoms with van der Waals surface area (Å²) in [5, 5.41) is 12.4. The second-order valence-corrected chi connectivity index (χ2v) is 4.51. The fourth-order valence-electron chi connectivity index (χ4n) is 2.38. The molecule has 0 aromatic heterocycles. The molecule has 1 aliphatic rings. The van der Waals surface area contributed by atoms with E-state index >= 15 is 0 Å². The lowest BCUT2D eigenvalue weighted by Crippen LogP contribution is -2.33. The molecule has 0 saturated carbocycles. The first kappa shape index (κ1) is 12.0. The molecule has 1 aliphatic heterocycles. The van der Waals surface area contributed by atoms with E-state index in [1.54, 1.807) is 0 Å². The molecular formula is C14H20N2O. The van der Waals surface area contributed by atoms with E-state index < -0.39 is 0 Å². The summed E-state index contributed by atoms with van der Waals surface area (Å²) in [6.07, 6.45) is 4.59. The summed E-state index contributed by atoms with van der Waals surface area (Å²) >= 11 is 0. The van der Waals surface area contributed by atoms with Crippen LogP contribution >= 0.6 is 0 Å². The molecule has 1 aromatic carbocycles. The average molecular weight is 232 g/mol. The Morgan fingerprint density at radius 3 is 2.88 bits per heavy atom. The molecule has 0 spiro atoms. The van der Waals surface area contributed by atoms with E-state index in [-0.39, 0.29) is 0 Å². The van der Waals surface area contributed by atoms with Crippen molar-refractivity contribution in [2.24, 2.45) is 5.16 Å². The van der Waals surface area contributed by atoms with Gasteiger partial charge in [-0.3, -0.25) is 0 Å². The molecule has 0 unspecified atom stereocenters. The molecule has 1 heterocycles. The number of oxime groups is 1. The Labute approximate surface area is 103 Å². The molecule has 17 heavy (non-hydrogen) atoms. The van der Waals surface area contributed by atoms with Crippen molar-refractivity contribution < 1.29 is 5.21 Å². The Kier molecular flexibility index (Phi) is 4.02. The van der Waals surface area contributed by atoms with Crippen molar-refractivity contribution in [1.82, 2.24) is 0 Å². The summed E-state index contributed by atoms with van der Waals surface area (Å²) in [5.74, 6) is 0. The molecule has 0 atom stereocenters. The molecule has 0 fully saturated rings. The number of rotatable bonds is 4. The highest BCUT2D eigenvalue weighted by atomic mass is 16.4. The summed E-state index contributed by atoms with van der Waals surface area (Å²) in [7, 11) is 0. The predicted molar refractivity (Wildman–Crippen MR) is 71.1 cm³/mol. The third kappa shape index (κ3) is 2.60. The number of hydrogen-bond acceptors (Lipinski definition) is 3.